The lowest BCUT2D eigenvalue weighted by molar-refractivity contribution is -0.0225. The summed E-state index contributed by atoms with van der Waals surface area (Å²) in [5.74, 6) is 1.72. The first kappa shape index (κ1) is 11.2. The number of hydrogen-bond donors (Lipinski definition) is 1. The van der Waals surface area contributed by atoms with E-state index in [9.17, 15) is 0 Å². The molecule has 2 aromatic heterocycles. The van der Waals surface area contributed by atoms with Crippen LogP contribution in [-0.2, 0) is 4.74 Å². The fraction of sp³-hybridized carbons (Fsp3) is 0.615. The van der Waals surface area contributed by atoms with Crippen LogP contribution in [0.15, 0.2) is 12.5 Å². The van der Waals surface area contributed by atoms with Gasteiger partial charge in [-0.2, -0.15) is 5.10 Å². The molecule has 100 valence electrons. The van der Waals surface area contributed by atoms with Gasteiger partial charge in [0, 0.05) is 13.1 Å². The third kappa shape index (κ3) is 1.87. The highest BCUT2D eigenvalue weighted by atomic mass is 16.5. The van der Waals surface area contributed by atoms with Crippen LogP contribution in [0.1, 0.15) is 19.3 Å². The zero-order valence-corrected chi connectivity index (χ0v) is 10.7. The number of H-pyrrole nitrogens is 1. The van der Waals surface area contributed by atoms with Crippen molar-refractivity contribution in [1.82, 2.24) is 20.2 Å². The van der Waals surface area contributed by atoms with Gasteiger partial charge >= 0.3 is 0 Å². The average molecular weight is 259 g/mol. The number of aromatic nitrogens is 4. The van der Waals surface area contributed by atoms with Gasteiger partial charge in [0.2, 0.25) is 0 Å². The summed E-state index contributed by atoms with van der Waals surface area (Å²) in [6.45, 7) is 2.60. The number of ether oxygens (including phenoxy) is 1. The van der Waals surface area contributed by atoms with Crippen molar-refractivity contribution in [3.05, 3.63) is 12.5 Å². The summed E-state index contributed by atoms with van der Waals surface area (Å²) in [5, 5.41) is 7.95. The van der Waals surface area contributed by atoms with Gasteiger partial charge in [0.25, 0.3) is 0 Å². The minimum atomic E-state index is 0.361. The molecule has 4 rings (SSSR count). The Bertz CT molecular complexity index is 579. The van der Waals surface area contributed by atoms with Crippen molar-refractivity contribution in [3.63, 3.8) is 0 Å². The van der Waals surface area contributed by atoms with Gasteiger partial charge in [0.05, 0.1) is 24.3 Å². The van der Waals surface area contributed by atoms with Crippen LogP contribution in [0.4, 0.5) is 5.82 Å². The lowest BCUT2D eigenvalue weighted by Gasteiger charge is -2.40. The first-order valence-electron chi connectivity index (χ1n) is 6.92. The maximum absolute atomic E-state index is 5.92. The molecule has 0 aromatic carbocycles. The summed E-state index contributed by atoms with van der Waals surface area (Å²) >= 11 is 0. The van der Waals surface area contributed by atoms with Gasteiger partial charge in [0.15, 0.2) is 5.65 Å². The number of nitrogens with one attached hydrogen (secondary N) is 1. The van der Waals surface area contributed by atoms with E-state index in [4.69, 9.17) is 4.74 Å². The van der Waals surface area contributed by atoms with E-state index < -0.39 is 0 Å². The molecule has 19 heavy (non-hydrogen) atoms. The number of anilines is 1. The summed E-state index contributed by atoms with van der Waals surface area (Å²) in [5.41, 5.74) is 0.802. The molecular formula is C13H17N5O. The topological polar surface area (TPSA) is 66.9 Å². The highest BCUT2D eigenvalue weighted by Crippen LogP contribution is 2.34. The Balaban J connectivity index is 1.62. The SMILES string of the molecule is c1nc(N2CCOC(C3CCC3)C2)c2cn[nH]c2n1. The predicted octanol–water partition coefficient (Wildman–Crippen LogP) is 1.36. The fourth-order valence-electron chi connectivity index (χ4n) is 2.97. The maximum Gasteiger partial charge on any atom is 0.160 e. The van der Waals surface area contributed by atoms with Crippen LogP contribution >= 0.6 is 0 Å². The van der Waals surface area contributed by atoms with E-state index in [2.05, 4.69) is 25.1 Å². The summed E-state index contributed by atoms with van der Waals surface area (Å²) < 4.78 is 5.92. The minimum Gasteiger partial charge on any atom is -0.374 e. The van der Waals surface area contributed by atoms with Crippen molar-refractivity contribution in [2.45, 2.75) is 25.4 Å². The molecule has 1 atom stereocenters. The zero-order chi connectivity index (χ0) is 12.7. The van der Waals surface area contributed by atoms with Gasteiger partial charge in [0.1, 0.15) is 12.1 Å². The molecule has 1 saturated carbocycles. The Labute approximate surface area is 111 Å². The Morgan fingerprint density at radius 2 is 2.26 bits per heavy atom. The molecule has 1 aliphatic heterocycles. The zero-order valence-electron chi connectivity index (χ0n) is 10.7. The molecule has 1 N–H and O–H groups in total. The molecule has 1 unspecified atom stereocenters. The molecule has 2 aromatic rings. The maximum atomic E-state index is 5.92. The van der Waals surface area contributed by atoms with E-state index >= 15 is 0 Å². The first-order chi connectivity index (χ1) is 9.42. The number of rotatable bonds is 2. The molecular weight excluding hydrogens is 242 g/mol. The smallest absolute Gasteiger partial charge is 0.160 e. The third-order valence-electron chi connectivity index (χ3n) is 4.30. The second kappa shape index (κ2) is 4.45. The minimum absolute atomic E-state index is 0.361. The van der Waals surface area contributed by atoms with Crippen molar-refractivity contribution in [3.8, 4) is 0 Å². The molecule has 3 heterocycles. The Morgan fingerprint density at radius 3 is 3.11 bits per heavy atom. The van der Waals surface area contributed by atoms with Crippen molar-refractivity contribution in [1.29, 1.82) is 0 Å². The highest BCUT2D eigenvalue weighted by Gasteiger charge is 2.32. The first-order valence-corrected chi connectivity index (χ1v) is 6.92. The average Bonchev–Trinajstić information content (AvgIpc) is 2.85. The number of morpholine rings is 1. The normalized spacial score (nSPS) is 24.6. The fourth-order valence-corrected chi connectivity index (χ4v) is 2.97. The molecule has 1 saturated heterocycles. The Kier molecular flexibility index (Phi) is 2.61. The molecule has 1 aliphatic carbocycles. The van der Waals surface area contributed by atoms with Crippen molar-refractivity contribution in [2.75, 3.05) is 24.6 Å². The quantitative estimate of drug-likeness (QED) is 0.882. The number of nitrogens with zero attached hydrogens (tertiary/aromatic N) is 4. The van der Waals surface area contributed by atoms with Crippen LogP contribution < -0.4 is 4.90 Å². The molecule has 0 radical (unpaired) electrons. The highest BCUT2D eigenvalue weighted by molar-refractivity contribution is 5.86. The molecule has 0 bridgehead atoms. The van der Waals surface area contributed by atoms with Crippen LogP contribution in [0.5, 0.6) is 0 Å². The monoisotopic (exact) mass is 259 g/mol. The van der Waals surface area contributed by atoms with Crippen molar-refractivity contribution < 1.29 is 4.74 Å². The summed E-state index contributed by atoms with van der Waals surface area (Å²) in [7, 11) is 0. The molecule has 0 spiro atoms. The summed E-state index contributed by atoms with van der Waals surface area (Å²) in [6, 6.07) is 0. The van der Waals surface area contributed by atoms with E-state index in [0.29, 0.717) is 6.10 Å². The van der Waals surface area contributed by atoms with E-state index in [1.54, 1.807) is 12.5 Å². The van der Waals surface area contributed by atoms with Crippen LogP contribution in [0.3, 0.4) is 0 Å². The molecule has 6 heteroatoms. The van der Waals surface area contributed by atoms with Gasteiger partial charge in [-0.3, -0.25) is 5.10 Å². The largest absolute Gasteiger partial charge is 0.374 e. The van der Waals surface area contributed by atoms with Crippen molar-refractivity contribution >= 4 is 16.9 Å². The second-order valence-corrected chi connectivity index (χ2v) is 5.38. The van der Waals surface area contributed by atoms with Gasteiger partial charge in [-0.15, -0.1) is 0 Å². The van der Waals surface area contributed by atoms with Crippen molar-refractivity contribution in [2.24, 2.45) is 5.92 Å². The lowest BCUT2D eigenvalue weighted by atomic mass is 9.80. The van der Waals surface area contributed by atoms with E-state index in [-0.39, 0.29) is 0 Å². The van der Waals surface area contributed by atoms with E-state index in [0.717, 1.165) is 42.5 Å². The Hall–Kier alpha value is -1.69. The van der Waals surface area contributed by atoms with Gasteiger partial charge in [-0.1, -0.05) is 6.42 Å². The lowest BCUT2D eigenvalue weighted by Crippen LogP contribution is -2.47. The summed E-state index contributed by atoms with van der Waals surface area (Å²) in [4.78, 5) is 10.9. The molecule has 6 nitrogen and oxygen atoms in total. The van der Waals surface area contributed by atoms with Crippen LogP contribution in [0.2, 0.25) is 0 Å². The number of hydrogen-bond acceptors (Lipinski definition) is 5. The number of aromatic amines is 1. The van der Waals surface area contributed by atoms with Crippen LogP contribution in [0, 0.1) is 5.92 Å². The molecule has 2 aliphatic rings. The molecule has 0 amide bonds. The van der Waals surface area contributed by atoms with Crippen LogP contribution in [0.25, 0.3) is 11.0 Å². The van der Waals surface area contributed by atoms with E-state index in [1.165, 1.54) is 19.3 Å². The van der Waals surface area contributed by atoms with Gasteiger partial charge in [-0.25, -0.2) is 9.97 Å². The standard InChI is InChI=1S/C13H17N5O/c1-2-9(3-1)11-7-18(4-5-19-11)13-10-6-16-17-12(10)14-8-15-13/h6,8-9,11H,1-5,7H2,(H,14,15,16,17). The van der Waals surface area contributed by atoms with Gasteiger partial charge in [-0.05, 0) is 18.8 Å². The van der Waals surface area contributed by atoms with Gasteiger partial charge < -0.3 is 9.64 Å². The Morgan fingerprint density at radius 1 is 1.32 bits per heavy atom. The second-order valence-electron chi connectivity index (χ2n) is 5.38. The van der Waals surface area contributed by atoms with E-state index in [1.807, 2.05) is 0 Å². The number of fused-ring (bicyclic) bond motifs is 1. The summed E-state index contributed by atoms with van der Waals surface area (Å²) in [6.07, 6.45) is 7.73. The third-order valence-corrected chi connectivity index (χ3v) is 4.30. The molecule has 2 fully saturated rings. The predicted molar refractivity (Wildman–Crippen MR) is 71.0 cm³/mol. The van der Waals surface area contributed by atoms with Crippen LogP contribution in [-0.4, -0.2) is 46.0 Å².